The van der Waals surface area contributed by atoms with Gasteiger partial charge in [0.1, 0.15) is 5.15 Å². The Morgan fingerprint density at radius 3 is 2.64 bits per heavy atom. The number of fused-ring (bicyclic) bond motifs is 1. The third kappa shape index (κ3) is 3.40. The molecule has 148 valence electrons. The molecule has 5 nitrogen and oxygen atoms in total. The molecule has 10 heteroatoms. The van der Waals surface area contributed by atoms with E-state index >= 15 is 0 Å². The predicted octanol–water partition coefficient (Wildman–Crippen LogP) is 5.09. The van der Waals surface area contributed by atoms with Gasteiger partial charge < -0.3 is 9.47 Å². The van der Waals surface area contributed by atoms with E-state index in [4.69, 9.17) is 16.3 Å². The van der Waals surface area contributed by atoms with Gasteiger partial charge in [0.15, 0.2) is 18.4 Å². The highest BCUT2D eigenvalue weighted by atomic mass is 35.5. The Bertz CT molecular complexity index is 1050. The Morgan fingerprint density at radius 1 is 1.25 bits per heavy atom. The molecule has 0 spiro atoms. The van der Waals surface area contributed by atoms with Crippen molar-refractivity contribution in [2.45, 2.75) is 24.9 Å². The number of aromatic nitrogens is 3. The molecule has 1 aromatic carbocycles. The van der Waals surface area contributed by atoms with Crippen LogP contribution >= 0.6 is 11.6 Å². The largest absolute Gasteiger partial charge is 0.464 e. The van der Waals surface area contributed by atoms with E-state index in [-0.39, 0.29) is 16.8 Å². The highest BCUT2D eigenvalue weighted by Gasteiger charge is 2.37. The zero-order valence-electron chi connectivity index (χ0n) is 14.6. The number of halogens is 5. The van der Waals surface area contributed by atoms with Crippen LogP contribution in [0.25, 0.3) is 16.6 Å². The van der Waals surface area contributed by atoms with Crippen LogP contribution in [0.5, 0.6) is 5.75 Å². The fraction of sp³-hybridized carbons (Fsp3) is 0.333. The molecule has 0 atom stereocenters. The average Bonchev–Trinajstić information content (AvgIpc) is 3.41. The maximum Gasteiger partial charge on any atom is 0.419 e. The van der Waals surface area contributed by atoms with Gasteiger partial charge in [-0.05, 0) is 25.0 Å². The molecule has 0 radical (unpaired) electrons. The Kier molecular flexibility index (Phi) is 4.67. The molecule has 2 aromatic heterocycles. The summed E-state index contributed by atoms with van der Waals surface area (Å²) in [5, 5.41) is 5.44. The third-order valence-electron chi connectivity index (χ3n) is 4.43. The van der Waals surface area contributed by atoms with Crippen LogP contribution < -0.4 is 4.74 Å². The van der Waals surface area contributed by atoms with Crippen molar-refractivity contribution in [3.63, 3.8) is 0 Å². The smallest absolute Gasteiger partial charge is 0.419 e. The summed E-state index contributed by atoms with van der Waals surface area (Å²) < 4.78 is 65.4. The number of rotatable bonds is 5. The maximum absolute atomic E-state index is 14.3. The van der Waals surface area contributed by atoms with Gasteiger partial charge in [0.2, 0.25) is 0 Å². The fourth-order valence-corrected chi connectivity index (χ4v) is 3.16. The lowest BCUT2D eigenvalue weighted by molar-refractivity contribution is -0.140. The van der Waals surface area contributed by atoms with Crippen molar-refractivity contribution in [2.24, 2.45) is 0 Å². The average molecular weight is 416 g/mol. The summed E-state index contributed by atoms with van der Waals surface area (Å²) >= 11 is 5.98. The lowest BCUT2D eigenvalue weighted by atomic mass is 10.1. The zero-order chi connectivity index (χ0) is 20.1. The van der Waals surface area contributed by atoms with Gasteiger partial charge >= 0.3 is 6.18 Å². The lowest BCUT2D eigenvalue weighted by Crippen LogP contribution is -2.12. The van der Waals surface area contributed by atoms with Crippen molar-refractivity contribution in [3.8, 4) is 11.4 Å². The Morgan fingerprint density at radius 2 is 2.00 bits per heavy atom. The van der Waals surface area contributed by atoms with Crippen molar-refractivity contribution < 1.29 is 27.0 Å². The standard InChI is InChI=1S/C18H14ClF4N3O2/c1-27-8-28-14-5-10(4-12(16(14)20)18(21,22)23)26-13-7-24-15(19)6-11(13)17(25-26)9-2-3-9/h4-7,9H,2-3,8H2,1H3. The summed E-state index contributed by atoms with van der Waals surface area (Å²) in [6.45, 7) is -0.401. The summed E-state index contributed by atoms with van der Waals surface area (Å²) in [5.74, 6) is -1.87. The van der Waals surface area contributed by atoms with Crippen molar-refractivity contribution in [1.82, 2.24) is 14.8 Å². The first-order valence-electron chi connectivity index (χ1n) is 8.36. The highest BCUT2D eigenvalue weighted by Crippen LogP contribution is 2.44. The van der Waals surface area contributed by atoms with Crippen LogP contribution in [0.4, 0.5) is 17.6 Å². The van der Waals surface area contributed by atoms with Crippen molar-refractivity contribution >= 4 is 22.5 Å². The number of hydrogen-bond acceptors (Lipinski definition) is 4. The number of nitrogens with zero attached hydrogens (tertiary/aromatic N) is 3. The molecule has 0 amide bonds. The molecular formula is C18H14ClF4N3O2. The van der Waals surface area contributed by atoms with Gasteiger partial charge in [-0.25, -0.2) is 14.1 Å². The number of pyridine rings is 1. The molecular weight excluding hydrogens is 402 g/mol. The van der Waals surface area contributed by atoms with Crippen LogP contribution in [0, 0.1) is 5.82 Å². The van der Waals surface area contributed by atoms with E-state index in [2.05, 4.69) is 14.8 Å². The van der Waals surface area contributed by atoms with E-state index in [1.807, 2.05) is 0 Å². The second-order valence-corrected chi connectivity index (χ2v) is 6.84. The molecule has 4 rings (SSSR count). The van der Waals surface area contributed by atoms with Crippen LogP contribution in [0.15, 0.2) is 24.4 Å². The van der Waals surface area contributed by atoms with Crippen LogP contribution in [-0.4, -0.2) is 28.7 Å². The number of hydrogen-bond donors (Lipinski definition) is 0. The van der Waals surface area contributed by atoms with Crippen LogP contribution in [0.3, 0.4) is 0 Å². The van der Waals surface area contributed by atoms with Gasteiger partial charge in [-0.1, -0.05) is 11.6 Å². The van der Waals surface area contributed by atoms with Crippen molar-refractivity contribution in [3.05, 3.63) is 46.6 Å². The summed E-state index contributed by atoms with van der Waals surface area (Å²) in [7, 11) is 1.28. The van der Waals surface area contributed by atoms with Crippen LogP contribution in [0.1, 0.15) is 30.0 Å². The van der Waals surface area contributed by atoms with Gasteiger partial charge in [0, 0.05) is 24.5 Å². The van der Waals surface area contributed by atoms with E-state index in [9.17, 15) is 17.6 Å². The molecule has 1 saturated carbocycles. The van der Waals surface area contributed by atoms with Crippen molar-refractivity contribution in [1.29, 1.82) is 0 Å². The van der Waals surface area contributed by atoms with Gasteiger partial charge in [-0.15, -0.1) is 0 Å². The third-order valence-corrected chi connectivity index (χ3v) is 4.64. The summed E-state index contributed by atoms with van der Waals surface area (Å²) in [5.41, 5.74) is -0.240. The zero-order valence-corrected chi connectivity index (χ0v) is 15.3. The minimum absolute atomic E-state index is 0.000788. The molecule has 1 aliphatic carbocycles. The normalized spacial score (nSPS) is 14.6. The quantitative estimate of drug-likeness (QED) is 0.331. The monoisotopic (exact) mass is 415 g/mol. The Hall–Kier alpha value is -2.39. The molecule has 1 fully saturated rings. The summed E-state index contributed by atoms with van der Waals surface area (Å²) in [6.07, 6.45) is -1.60. The molecule has 3 aromatic rings. The first-order valence-corrected chi connectivity index (χ1v) is 8.74. The van der Waals surface area contributed by atoms with Crippen molar-refractivity contribution in [2.75, 3.05) is 13.9 Å². The molecule has 0 N–H and O–H groups in total. The molecule has 2 heterocycles. The van der Waals surface area contributed by atoms with E-state index in [1.54, 1.807) is 6.07 Å². The summed E-state index contributed by atoms with van der Waals surface area (Å²) in [4.78, 5) is 4.00. The Labute approximate surface area is 161 Å². The number of benzene rings is 1. The SMILES string of the molecule is COCOc1cc(-n2nc(C3CC3)c3cc(Cl)ncc32)cc(C(F)(F)F)c1F. The minimum atomic E-state index is -4.91. The molecule has 28 heavy (non-hydrogen) atoms. The van der Waals surface area contributed by atoms with E-state index in [0.717, 1.165) is 24.6 Å². The predicted molar refractivity (Wildman–Crippen MR) is 93.3 cm³/mol. The van der Waals surface area contributed by atoms with Crippen LogP contribution in [-0.2, 0) is 10.9 Å². The number of alkyl halides is 3. The molecule has 0 aliphatic heterocycles. The van der Waals surface area contributed by atoms with E-state index in [0.29, 0.717) is 17.0 Å². The van der Waals surface area contributed by atoms with E-state index in [1.165, 1.54) is 18.0 Å². The Balaban J connectivity index is 1.93. The van der Waals surface area contributed by atoms with Gasteiger partial charge in [0.25, 0.3) is 0 Å². The second kappa shape index (κ2) is 6.89. The first-order chi connectivity index (χ1) is 13.3. The van der Waals surface area contributed by atoms with Gasteiger partial charge in [0.05, 0.1) is 28.7 Å². The number of ether oxygens (including phenoxy) is 2. The number of methoxy groups -OCH3 is 1. The highest BCUT2D eigenvalue weighted by molar-refractivity contribution is 6.30. The lowest BCUT2D eigenvalue weighted by Gasteiger charge is -2.15. The van der Waals surface area contributed by atoms with Gasteiger partial charge in [-0.2, -0.15) is 18.3 Å². The topological polar surface area (TPSA) is 49.2 Å². The fourth-order valence-electron chi connectivity index (χ4n) is 3.01. The van der Waals surface area contributed by atoms with Gasteiger partial charge in [-0.3, -0.25) is 0 Å². The molecule has 0 unspecified atom stereocenters. The summed E-state index contributed by atoms with van der Waals surface area (Å²) in [6, 6.07) is 3.48. The van der Waals surface area contributed by atoms with Crippen LogP contribution in [0.2, 0.25) is 5.15 Å². The second-order valence-electron chi connectivity index (χ2n) is 6.45. The molecule has 0 bridgehead atoms. The minimum Gasteiger partial charge on any atom is -0.464 e. The first kappa shape index (κ1) is 18.9. The molecule has 0 saturated heterocycles. The maximum atomic E-state index is 14.3. The molecule has 1 aliphatic rings. The van der Waals surface area contributed by atoms with E-state index < -0.39 is 30.1 Å².